The molecular weight excluding hydrogens is 510 g/mol. The molecule has 3 aromatic rings. The van der Waals surface area contributed by atoms with Gasteiger partial charge >= 0.3 is 6.03 Å². The maximum atomic E-state index is 13.0. The minimum atomic E-state index is -0.747. The van der Waals surface area contributed by atoms with E-state index in [1.165, 1.54) is 11.3 Å². The number of nitrogens with zero attached hydrogens (tertiary/aromatic N) is 2. The van der Waals surface area contributed by atoms with Gasteiger partial charge in [-0.2, -0.15) is 0 Å². The second kappa shape index (κ2) is 10.2. The molecule has 33 heavy (non-hydrogen) atoms. The third kappa shape index (κ3) is 5.60. The standard InChI is InChI=1S/C22H22BrN5O4S/c1-3-12(2)18(25-21(30)24-15-7-5-14(23)6-8-15)19(29)26-22-28-27-20(33-22)13-4-9-16-17(10-13)32-11-31-16/h4-10,12,18H,3,11H2,1-2H3,(H2,24,25,30)(H,26,28,29)/t12-,18-/m1/s1. The highest BCUT2D eigenvalue weighted by Gasteiger charge is 2.27. The van der Waals surface area contributed by atoms with Gasteiger partial charge in [-0.15, -0.1) is 10.2 Å². The quantitative estimate of drug-likeness (QED) is 0.400. The van der Waals surface area contributed by atoms with Crippen molar-refractivity contribution >= 4 is 50.0 Å². The summed E-state index contributed by atoms with van der Waals surface area (Å²) < 4.78 is 11.6. The van der Waals surface area contributed by atoms with Crippen LogP contribution in [0.4, 0.5) is 15.6 Å². The van der Waals surface area contributed by atoms with Gasteiger partial charge in [0.1, 0.15) is 11.0 Å². The summed E-state index contributed by atoms with van der Waals surface area (Å²) in [6.07, 6.45) is 0.704. The minimum absolute atomic E-state index is 0.0954. The highest BCUT2D eigenvalue weighted by molar-refractivity contribution is 9.10. The molecule has 2 heterocycles. The molecule has 0 fully saturated rings. The van der Waals surface area contributed by atoms with Gasteiger partial charge in [-0.3, -0.25) is 10.1 Å². The number of fused-ring (bicyclic) bond motifs is 1. The summed E-state index contributed by atoms with van der Waals surface area (Å²) in [6, 6.07) is 11.5. The molecule has 1 aliphatic heterocycles. The minimum Gasteiger partial charge on any atom is -0.454 e. The molecule has 11 heteroatoms. The fourth-order valence-electron chi connectivity index (χ4n) is 3.15. The Hall–Kier alpha value is -3.18. The Labute approximate surface area is 203 Å². The van der Waals surface area contributed by atoms with Crippen LogP contribution in [-0.4, -0.2) is 35.0 Å². The molecular formula is C22H22BrN5O4S. The van der Waals surface area contributed by atoms with E-state index >= 15 is 0 Å². The van der Waals surface area contributed by atoms with Crippen molar-refractivity contribution in [1.82, 2.24) is 15.5 Å². The maximum absolute atomic E-state index is 13.0. The van der Waals surface area contributed by atoms with E-state index < -0.39 is 12.1 Å². The molecule has 2 atom stereocenters. The summed E-state index contributed by atoms with van der Waals surface area (Å²) in [5.41, 5.74) is 1.43. The zero-order valence-corrected chi connectivity index (χ0v) is 20.3. The first-order valence-electron chi connectivity index (χ1n) is 10.3. The second-order valence-corrected chi connectivity index (χ2v) is 9.33. The Bertz CT molecular complexity index is 1150. The number of halogens is 1. The average Bonchev–Trinajstić information content (AvgIpc) is 3.47. The molecule has 0 bridgehead atoms. The van der Waals surface area contributed by atoms with Crippen LogP contribution in [0.1, 0.15) is 20.3 Å². The fraction of sp³-hybridized carbons (Fsp3) is 0.273. The van der Waals surface area contributed by atoms with E-state index in [0.717, 1.165) is 10.0 Å². The topological polar surface area (TPSA) is 114 Å². The predicted octanol–water partition coefficient (Wildman–Crippen LogP) is 4.87. The van der Waals surface area contributed by atoms with Gasteiger partial charge in [0.25, 0.3) is 0 Å². The van der Waals surface area contributed by atoms with Crippen molar-refractivity contribution in [2.45, 2.75) is 26.3 Å². The number of rotatable bonds is 7. The number of carbonyl (C=O) groups excluding carboxylic acids is 2. The summed E-state index contributed by atoms with van der Waals surface area (Å²) in [7, 11) is 0. The number of carbonyl (C=O) groups is 2. The molecule has 0 saturated heterocycles. The maximum Gasteiger partial charge on any atom is 0.319 e. The molecule has 4 rings (SSSR count). The largest absolute Gasteiger partial charge is 0.454 e. The number of amides is 3. The number of anilines is 2. The van der Waals surface area contributed by atoms with Crippen molar-refractivity contribution in [3.63, 3.8) is 0 Å². The average molecular weight is 532 g/mol. The molecule has 0 saturated carbocycles. The zero-order valence-electron chi connectivity index (χ0n) is 17.9. The molecule has 1 aliphatic rings. The molecule has 2 aromatic carbocycles. The van der Waals surface area contributed by atoms with Gasteiger partial charge in [0, 0.05) is 15.7 Å². The molecule has 9 nitrogen and oxygen atoms in total. The van der Waals surface area contributed by atoms with Gasteiger partial charge in [0.15, 0.2) is 11.5 Å². The molecule has 0 spiro atoms. The Balaban J connectivity index is 1.42. The first-order chi connectivity index (χ1) is 15.9. The van der Waals surface area contributed by atoms with Crippen LogP contribution in [0.25, 0.3) is 10.6 Å². The normalized spacial score (nSPS) is 13.8. The lowest BCUT2D eigenvalue weighted by atomic mass is 9.98. The number of benzene rings is 2. The van der Waals surface area contributed by atoms with Crippen LogP contribution in [0.2, 0.25) is 0 Å². The van der Waals surface area contributed by atoms with Crippen LogP contribution in [0.5, 0.6) is 11.5 Å². The summed E-state index contributed by atoms with van der Waals surface area (Å²) in [4.78, 5) is 25.5. The molecule has 0 aliphatic carbocycles. The Morgan fingerprint density at radius 3 is 2.61 bits per heavy atom. The van der Waals surface area contributed by atoms with E-state index in [0.29, 0.717) is 33.7 Å². The van der Waals surface area contributed by atoms with E-state index in [1.54, 1.807) is 12.1 Å². The number of nitrogens with one attached hydrogen (secondary N) is 3. The molecule has 3 amide bonds. The smallest absolute Gasteiger partial charge is 0.319 e. The van der Waals surface area contributed by atoms with E-state index in [2.05, 4.69) is 42.1 Å². The van der Waals surface area contributed by atoms with Gasteiger partial charge in [-0.25, -0.2) is 4.79 Å². The SMILES string of the molecule is CC[C@@H](C)[C@@H](NC(=O)Nc1ccc(Br)cc1)C(=O)Nc1nnc(-c2ccc3c(c2)OCO3)s1. The van der Waals surface area contributed by atoms with Gasteiger partial charge in [0.05, 0.1) is 0 Å². The zero-order chi connectivity index (χ0) is 23.4. The van der Waals surface area contributed by atoms with Crippen LogP contribution < -0.4 is 25.4 Å². The van der Waals surface area contributed by atoms with Crippen molar-refractivity contribution in [1.29, 1.82) is 0 Å². The number of hydrogen-bond donors (Lipinski definition) is 3. The summed E-state index contributed by atoms with van der Waals surface area (Å²) in [5, 5.41) is 17.5. The third-order valence-electron chi connectivity index (χ3n) is 5.16. The predicted molar refractivity (Wildman–Crippen MR) is 130 cm³/mol. The highest BCUT2D eigenvalue weighted by Crippen LogP contribution is 2.37. The van der Waals surface area contributed by atoms with E-state index in [9.17, 15) is 9.59 Å². The highest BCUT2D eigenvalue weighted by atomic mass is 79.9. The molecule has 172 valence electrons. The van der Waals surface area contributed by atoms with Crippen LogP contribution in [0.3, 0.4) is 0 Å². The van der Waals surface area contributed by atoms with Crippen molar-refractivity contribution in [2.75, 3.05) is 17.4 Å². The van der Waals surface area contributed by atoms with Gasteiger partial charge in [0.2, 0.25) is 17.8 Å². The van der Waals surface area contributed by atoms with Crippen LogP contribution in [-0.2, 0) is 4.79 Å². The monoisotopic (exact) mass is 531 g/mol. The molecule has 1 aromatic heterocycles. The summed E-state index contributed by atoms with van der Waals surface area (Å²) in [5.74, 6) is 0.873. The first-order valence-corrected chi connectivity index (χ1v) is 11.9. The van der Waals surface area contributed by atoms with Gasteiger partial charge in [-0.1, -0.05) is 47.5 Å². The lowest BCUT2D eigenvalue weighted by Gasteiger charge is -2.23. The van der Waals surface area contributed by atoms with Crippen LogP contribution in [0.15, 0.2) is 46.9 Å². The summed E-state index contributed by atoms with van der Waals surface area (Å²) >= 11 is 4.59. The van der Waals surface area contributed by atoms with Crippen molar-refractivity contribution in [2.24, 2.45) is 5.92 Å². The van der Waals surface area contributed by atoms with Gasteiger partial charge in [-0.05, 0) is 48.4 Å². The lowest BCUT2D eigenvalue weighted by molar-refractivity contribution is -0.119. The fourth-order valence-corrected chi connectivity index (χ4v) is 4.15. The van der Waals surface area contributed by atoms with E-state index in [4.69, 9.17) is 9.47 Å². The van der Waals surface area contributed by atoms with Crippen molar-refractivity contribution < 1.29 is 19.1 Å². The number of hydrogen-bond acceptors (Lipinski definition) is 7. The van der Waals surface area contributed by atoms with E-state index in [1.807, 2.05) is 44.2 Å². The summed E-state index contributed by atoms with van der Waals surface area (Å²) in [6.45, 7) is 4.06. The Morgan fingerprint density at radius 2 is 1.85 bits per heavy atom. The Morgan fingerprint density at radius 1 is 1.09 bits per heavy atom. The van der Waals surface area contributed by atoms with Crippen LogP contribution in [0, 0.1) is 5.92 Å². The van der Waals surface area contributed by atoms with Crippen molar-refractivity contribution in [3.8, 4) is 22.1 Å². The number of urea groups is 1. The van der Waals surface area contributed by atoms with Gasteiger partial charge < -0.3 is 20.1 Å². The molecule has 0 radical (unpaired) electrons. The number of ether oxygens (including phenoxy) is 2. The molecule has 3 N–H and O–H groups in total. The van der Waals surface area contributed by atoms with Crippen LogP contribution >= 0.6 is 27.3 Å². The van der Waals surface area contributed by atoms with Crippen molar-refractivity contribution in [3.05, 3.63) is 46.9 Å². The third-order valence-corrected chi connectivity index (χ3v) is 6.58. The number of aromatic nitrogens is 2. The van der Waals surface area contributed by atoms with E-state index in [-0.39, 0.29) is 18.6 Å². The lowest BCUT2D eigenvalue weighted by Crippen LogP contribution is -2.49. The molecule has 0 unspecified atom stereocenters. The Kier molecular flexibility index (Phi) is 7.09. The first kappa shape index (κ1) is 23.0. The second-order valence-electron chi connectivity index (χ2n) is 7.44.